The Balaban J connectivity index is 1.38. The van der Waals surface area contributed by atoms with Gasteiger partial charge in [-0.05, 0) is 79.8 Å². The van der Waals surface area contributed by atoms with Gasteiger partial charge in [-0.1, -0.05) is 23.4 Å². The fraction of sp³-hybridized carbons (Fsp3) is 0.379. The third-order valence-corrected chi connectivity index (χ3v) is 7.40. The summed E-state index contributed by atoms with van der Waals surface area (Å²) >= 11 is 5.65. The van der Waals surface area contributed by atoms with Crippen LogP contribution in [0.4, 0.5) is 17.6 Å². The maximum atomic E-state index is 15.4. The van der Waals surface area contributed by atoms with E-state index in [-0.39, 0.29) is 31.0 Å². The first kappa shape index (κ1) is 28.7. The molecule has 206 valence electrons. The summed E-state index contributed by atoms with van der Waals surface area (Å²) in [7, 11) is 1.54. The molecule has 1 aliphatic rings. The Bertz CT molecular complexity index is 1400. The van der Waals surface area contributed by atoms with E-state index in [4.69, 9.17) is 16.3 Å². The lowest BCUT2D eigenvalue weighted by atomic mass is 9.81. The molecule has 2 aromatic carbocycles. The van der Waals surface area contributed by atoms with Crippen molar-refractivity contribution in [1.29, 1.82) is 0 Å². The third kappa shape index (κ3) is 7.00. The van der Waals surface area contributed by atoms with Gasteiger partial charge in [0.25, 0.3) is 0 Å². The van der Waals surface area contributed by atoms with Crippen LogP contribution in [-0.2, 0) is 11.0 Å². The molecule has 1 N–H and O–H groups in total. The summed E-state index contributed by atoms with van der Waals surface area (Å²) in [6.45, 7) is 0.996. The number of halogens is 5. The van der Waals surface area contributed by atoms with Gasteiger partial charge in [-0.2, -0.15) is 13.2 Å². The number of ether oxygens (including phenoxy) is 1. The summed E-state index contributed by atoms with van der Waals surface area (Å²) in [6.07, 6.45) is -3.19. The number of pyridine rings is 1. The number of benzene rings is 2. The molecule has 3 aromatic rings. The summed E-state index contributed by atoms with van der Waals surface area (Å²) in [5.74, 6) is 4.28. The van der Waals surface area contributed by atoms with Gasteiger partial charge in [0.05, 0.1) is 35.7 Å². The number of rotatable bonds is 7. The van der Waals surface area contributed by atoms with E-state index in [1.165, 1.54) is 13.2 Å². The first-order valence-electron chi connectivity index (χ1n) is 12.4. The average molecular weight is 563 g/mol. The molecule has 1 aromatic heterocycles. The molecule has 1 fully saturated rings. The quantitative estimate of drug-likeness (QED) is 0.254. The molecule has 0 aliphatic carbocycles. The van der Waals surface area contributed by atoms with Crippen molar-refractivity contribution in [3.8, 4) is 17.6 Å². The Morgan fingerprint density at radius 1 is 1.26 bits per heavy atom. The zero-order valence-electron chi connectivity index (χ0n) is 21.1. The van der Waals surface area contributed by atoms with Crippen LogP contribution in [0.5, 0.6) is 5.75 Å². The van der Waals surface area contributed by atoms with Crippen LogP contribution in [0, 0.1) is 23.7 Å². The number of alkyl halides is 4. The molecule has 0 bridgehead atoms. The van der Waals surface area contributed by atoms with Crippen LogP contribution in [-0.4, -0.2) is 47.7 Å². The van der Waals surface area contributed by atoms with Gasteiger partial charge in [-0.15, -0.1) is 0 Å². The van der Waals surface area contributed by atoms with E-state index in [0.717, 1.165) is 12.1 Å². The highest BCUT2D eigenvalue weighted by Crippen LogP contribution is 2.36. The molecule has 10 heteroatoms. The van der Waals surface area contributed by atoms with E-state index in [9.17, 15) is 23.1 Å². The van der Waals surface area contributed by atoms with Crippen LogP contribution in [0.15, 0.2) is 48.7 Å². The van der Waals surface area contributed by atoms with Crippen molar-refractivity contribution in [2.45, 2.75) is 31.6 Å². The highest BCUT2D eigenvalue weighted by molar-refractivity contribution is 6.31. The highest BCUT2D eigenvalue weighted by Gasteiger charge is 2.35. The molecule has 0 unspecified atom stereocenters. The lowest BCUT2D eigenvalue weighted by Gasteiger charge is -2.35. The summed E-state index contributed by atoms with van der Waals surface area (Å²) in [4.78, 5) is 18.2. The maximum absolute atomic E-state index is 15.4. The Kier molecular flexibility index (Phi) is 8.98. The number of piperidine rings is 1. The van der Waals surface area contributed by atoms with Gasteiger partial charge in [0.1, 0.15) is 11.9 Å². The van der Waals surface area contributed by atoms with Crippen LogP contribution < -0.4 is 4.74 Å². The first-order valence-corrected chi connectivity index (χ1v) is 12.8. The highest BCUT2D eigenvalue weighted by atomic mass is 35.5. The minimum absolute atomic E-state index is 0.169. The second kappa shape index (κ2) is 12.2. The predicted octanol–water partition coefficient (Wildman–Crippen LogP) is 6.78. The second-order valence-electron chi connectivity index (χ2n) is 9.55. The number of fused-ring (bicyclic) bond motifs is 1. The van der Waals surface area contributed by atoms with Gasteiger partial charge in [0.15, 0.2) is 0 Å². The fourth-order valence-corrected chi connectivity index (χ4v) is 5.20. The Labute approximate surface area is 228 Å². The number of hydrogen-bond acceptors (Lipinski definition) is 4. The van der Waals surface area contributed by atoms with Crippen LogP contribution in [0.2, 0.25) is 5.02 Å². The summed E-state index contributed by atoms with van der Waals surface area (Å²) < 4.78 is 59.9. The number of likely N-dealkylation sites (tertiary alicyclic amines) is 1. The summed E-state index contributed by atoms with van der Waals surface area (Å²) in [6, 6.07) is 10.4. The van der Waals surface area contributed by atoms with E-state index in [1.54, 1.807) is 30.5 Å². The summed E-state index contributed by atoms with van der Waals surface area (Å²) in [5.41, 5.74) is 0.371. The minimum Gasteiger partial charge on any atom is -0.497 e. The molecule has 2 heterocycles. The average Bonchev–Trinajstić information content (AvgIpc) is 2.91. The molecular formula is C29H27ClF4N2O3. The van der Waals surface area contributed by atoms with Crippen LogP contribution >= 0.6 is 11.6 Å². The Hall–Kier alpha value is -3.35. The van der Waals surface area contributed by atoms with Crippen LogP contribution in [0.3, 0.4) is 0 Å². The molecule has 0 amide bonds. The zero-order valence-corrected chi connectivity index (χ0v) is 21.9. The number of aliphatic carboxylic acids is 1. The number of carbonyl (C=O) groups is 1. The molecule has 4 rings (SSSR count). The van der Waals surface area contributed by atoms with Crippen LogP contribution in [0.1, 0.15) is 42.1 Å². The van der Waals surface area contributed by atoms with E-state index in [0.29, 0.717) is 41.6 Å². The van der Waals surface area contributed by atoms with Crippen molar-refractivity contribution in [3.63, 3.8) is 0 Å². The standard InChI is InChI=1S/C29H27ClF4N2O3/c1-39-20-6-9-27-22(16-20)21(10-12-35-27)26(31)8-5-19-11-14-36(17-23(19)28(37)38)13-2-3-18-4-7-25(30)24(15-18)29(32,33)34/h4,6-7,9-10,12,15-16,19,23,26H,5,8,11,13-14,17H2,1H3,(H,37,38)/t19-,23+,26+/m1/s1. The molecule has 5 nitrogen and oxygen atoms in total. The number of carboxylic acids is 1. The topological polar surface area (TPSA) is 62.7 Å². The molecule has 1 aliphatic heterocycles. The Morgan fingerprint density at radius 2 is 2.05 bits per heavy atom. The number of nitrogens with zero attached hydrogens (tertiary/aromatic N) is 2. The minimum atomic E-state index is -4.58. The van der Waals surface area contributed by atoms with Gasteiger partial charge in [0.2, 0.25) is 0 Å². The molecular weight excluding hydrogens is 536 g/mol. The van der Waals surface area contributed by atoms with E-state index in [1.807, 2.05) is 4.90 Å². The van der Waals surface area contributed by atoms with Crippen molar-refractivity contribution < 1.29 is 32.2 Å². The fourth-order valence-electron chi connectivity index (χ4n) is 4.97. The molecule has 0 saturated carbocycles. The zero-order chi connectivity index (χ0) is 28.2. The monoisotopic (exact) mass is 562 g/mol. The molecule has 39 heavy (non-hydrogen) atoms. The normalized spacial score (nSPS) is 18.8. The molecule has 1 saturated heterocycles. The lowest BCUT2D eigenvalue weighted by Crippen LogP contribution is -2.44. The molecule has 3 atom stereocenters. The maximum Gasteiger partial charge on any atom is 0.417 e. The predicted molar refractivity (Wildman–Crippen MR) is 140 cm³/mol. The van der Waals surface area contributed by atoms with Crippen molar-refractivity contribution >= 4 is 28.5 Å². The van der Waals surface area contributed by atoms with Crippen molar-refractivity contribution in [2.75, 3.05) is 26.7 Å². The van der Waals surface area contributed by atoms with Crippen molar-refractivity contribution in [1.82, 2.24) is 9.88 Å². The van der Waals surface area contributed by atoms with Gasteiger partial charge < -0.3 is 9.84 Å². The van der Waals surface area contributed by atoms with Gasteiger partial charge in [-0.25, -0.2) is 4.39 Å². The van der Waals surface area contributed by atoms with E-state index >= 15 is 4.39 Å². The number of carboxylic acid groups (broad SMARTS) is 1. The number of hydrogen-bond donors (Lipinski definition) is 1. The van der Waals surface area contributed by atoms with Crippen LogP contribution in [0.25, 0.3) is 10.9 Å². The Morgan fingerprint density at radius 3 is 2.77 bits per heavy atom. The lowest BCUT2D eigenvalue weighted by molar-refractivity contribution is -0.146. The van der Waals surface area contributed by atoms with Gasteiger partial charge >= 0.3 is 12.1 Å². The number of aromatic nitrogens is 1. The SMILES string of the molecule is COc1ccc2nccc([C@@H](F)CC[C@@H]3CCN(CC#Cc4ccc(Cl)c(C(F)(F)F)c4)C[C@@H]3C(=O)O)c2c1. The van der Waals surface area contributed by atoms with E-state index in [2.05, 4.69) is 16.8 Å². The molecule has 0 spiro atoms. The summed E-state index contributed by atoms with van der Waals surface area (Å²) in [5, 5.41) is 10.1. The smallest absolute Gasteiger partial charge is 0.417 e. The van der Waals surface area contributed by atoms with Crippen molar-refractivity contribution in [3.05, 3.63) is 70.4 Å². The van der Waals surface area contributed by atoms with Gasteiger partial charge in [-0.3, -0.25) is 14.7 Å². The largest absolute Gasteiger partial charge is 0.497 e. The third-order valence-electron chi connectivity index (χ3n) is 7.08. The second-order valence-corrected chi connectivity index (χ2v) is 9.96. The van der Waals surface area contributed by atoms with Crippen molar-refractivity contribution in [2.24, 2.45) is 11.8 Å². The molecule has 0 radical (unpaired) electrons. The van der Waals surface area contributed by atoms with E-state index < -0.39 is 34.8 Å². The first-order chi connectivity index (χ1) is 18.6. The number of methoxy groups -OCH3 is 1. The van der Waals surface area contributed by atoms with Gasteiger partial charge in [0, 0.05) is 23.7 Å².